The highest BCUT2D eigenvalue weighted by Crippen LogP contribution is 2.43. The second-order valence-electron chi connectivity index (χ2n) is 4.91. The molecule has 2 N–H and O–H groups in total. The molecule has 0 bridgehead atoms. The van der Waals surface area contributed by atoms with Crippen molar-refractivity contribution in [2.24, 2.45) is 0 Å². The number of H-pyrrole nitrogens is 1. The fraction of sp³-hybridized carbons (Fsp3) is 0.636. The first-order chi connectivity index (χ1) is 10.2. The number of ether oxygens (including phenoxy) is 1. The summed E-state index contributed by atoms with van der Waals surface area (Å²) in [5, 5.41) is 0. The lowest BCUT2D eigenvalue weighted by Gasteiger charge is -2.17. The molecule has 0 spiro atoms. The van der Waals surface area contributed by atoms with Gasteiger partial charge < -0.3 is 14.2 Å². The van der Waals surface area contributed by atoms with E-state index >= 15 is 0 Å². The molecule has 0 aliphatic carbocycles. The van der Waals surface area contributed by atoms with E-state index in [-0.39, 0.29) is 12.0 Å². The van der Waals surface area contributed by atoms with Gasteiger partial charge in [0.15, 0.2) is 6.42 Å². The first-order valence-electron chi connectivity index (χ1n) is 6.37. The van der Waals surface area contributed by atoms with Crippen molar-refractivity contribution in [2.75, 3.05) is 13.0 Å². The lowest BCUT2D eigenvalue weighted by molar-refractivity contribution is -0.0325. The maximum atomic E-state index is 13.9. The summed E-state index contributed by atoms with van der Waals surface area (Å²) in [5.41, 5.74) is -1.07. The van der Waals surface area contributed by atoms with Gasteiger partial charge in [-0.15, -0.1) is 0 Å². The van der Waals surface area contributed by atoms with Gasteiger partial charge in [0.1, 0.15) is 18.5 Å². The minimum Gasteiger partial charge on any atom is -0.349 e. The van der Waals surface area contributed by atoms with Gasteiger partial charge in [-0.2, -0.15) is 0 Å². The predicted molar refractivity (Wildman–Crippen MR) is 71.2 cm³/mol. The van der Waals surface area contributed by atoms with E-state index in [0.717, 1.165) is 4.57 Å². The summed E-state index contributed by atoms with van der Waals surface area (Å²) < 4.78 is 47.7. The highest BCUT2D eigenvalue weighted by Gasteiger charge is 2.38. The molecule has 0 saturated carbocycles. The molecule has 22 heavy (non-hydrogen) atoms. The number of halogens is 2. The molecule has 1 aliphatic rings. The Hall–Kier alpha value is -1.35. The van der Waals surface area contributed by atoms with Crippen LogP contribution in [0.25, 0.3) is 0 Å². The Labute approximate surface area is 123 Å². The normalized spacial score (nSPS) is 27.7. The first kappa shape index (κ1) is 17.0. The highest BCUT2D eigenvalue weighted by molar-refractivity contribution is 7.52. The number of rotatable bonds is 5. The van der Waals surface area contributed by atoms with Crippen LogP contribution in [0, 0.1) is 6.92 Å². The van der Waals surface area contributed by atoms with Crippen LogP contribution in [-0.4, -0.2) is 39.7 Å². The van der Waals surface area contributed by atoms with Gasteiger partial charge in [-0.05, 0) is 6.92 Å². The Morgan fingerprint density at radius 1 is 1.59 bits per heavy atom. The monoisotopic (exact) mass is 340 g/mol. The molecule has 0 amide bonds. The second kappa shape index (κ2) is 6.41. The summed E-state index contributed by atoms with van der Waals surface area (Å²) in [6.45, 7) is 0.854. The summed E-state index contributed by atoms with van der Waals surface area (Å²) in [5.74, 6) is 0. The molecule has 0 radical (unpaired) electrons. The van der Waals surface area contributed by atoms with Gasteiger partial charge in [0.2, 0.25) is 0 Å². The quantitative estimate of drug-likeness (QED) is 0.760. The summed E-state index contributed by atoms with van der Waals surface area (Å²) in [6, 6.07) is 0. The van der Waals surface area contributed by atoms with E-state index in [1.54, 1.807) is 0 Å². The number of aryl methyl sites for hydroxylation is 1. The van der Waals surface area contributed by atoms with Crippen LogP contribution in [0.2, 0.25) is 0 Å². The van der Waals surface area contributed by atoms with E-state index in [1.165, 1.54) is 13.1 Å². The van der Waals surface area contributed by atoms with Crippen molar-refractivity contribution in [2.45, 2.75) is 31.8 Å². The van der Waals surface area contributed by atoms with Crippen molar-refractivity contribution in [1.29, 1.82) is 0 Å². The smallest absolute Gasteiger partial charge is 0.349 e. The molecule has 1 aliphatic heterocycles. The van der Waals surface area contributed by atoms with Crippen LogP contribution in [0.4, 0.5) is 8.78 Å². The van der Waals surface area contributed by atoms with Gasteiger partial charge >= 0.3 is 13.3 Å². The SMILES string of the molecule is Cc1cn([C@H]2C[C@H](F)[C@@H](COP(=O)(O)CF)O2)c(=O)[nH]c1=O. The lowest BCUT2D eigenvalue weighted by atomic mass is 10.2. The van der Waals surface area contributed by atoms with Crippen LogP contribution in [0.3, 0.4) is 0 Å². The van der Waals surface area contributed by atoms with Crippen molar-refractivity contribution in [3.63, 3.8) is 0 Å². The van der Waals surface area contributed by atoms with E-state index in [2.05, 4.69) is 9.51 Å². The minimum absolute atomic E-state index is 0.204. The zero-order valence-electron chi connectivity index (χ0n) is 11.6. The Bertz CT molecular complexity index is 705. The second-order valence-corrected chi connectivity index (χ2v) is 6.68. The van der Waals surface area contributed by atoms with Crippen molar-refractivity contribution in [3.05, 3.63) is 32.6 Å². The van der Waals surface area contributed by atoms with Gasteiger partial charge in [-0.1, -0.05) is 0 Å². The first-order valence-corrected chi connectivity index (χ1v) is 8.13. The van der Waals surface area contributed by atoms with Crippen LogP contribution in [0.1, 0.15) is 18.2 Å². The van der Waals surface area contributed by atoms with E-state index in [0.29, 0.717) is 0 Å². The molecule has 124 valence electrons. The molecule has 1 aromatic rings. The zero-order valence-corrected chi connectivity index (χ0v) is 12.5. The Morgan fingerprint density at radius 3 is 2.91 bits per heavy atom. The van der Waals surface area contributed by atoms with E-state index in [4.69, 9.17) is 9.63 Å². The molecule has 1 fully saturated rings. The summed E-state index contributed by atoms with van der Waals surface area (Å²) in [6.07, 6.45) is -4.32. The Kier molecular flexibility index (Phi) is 4.96. The maximum absolute atomic E-state index is 13.9. The molecule has 2 rings (SSSR count). The highest BCUT2D eigenvalue weighted by atomic mass is 31.2. The summed E-state index contributed by atoms with van der Waals surface area (Å²) in [4.78, 5) is 34.0. The van der Waals surface area contributed by atoms with Crippen molar-refractivity contribution < 1.29 is 27.5 Å². The Balaban J connectivity index is 2.11. The number of hydrogen-bond acceptors (Lipinski definition) is 5. The topological polar surface area (TPSA) is 111 Å². The van der Waals surface area contributed by atoms with Crippen LogP contribution in [-0.2, 0) is 13.8 Å². The zero-order chi connectivity index (χ0) is 16.5. The van der Waals surface area contributed by atoms with Crippen molar-refractivity contribution >= 4 is 7.60 Å². The van der Waals surface area contributed by atoms with Gasteiger partial charge in [-0.25, -0.2) is 13.6 Å². The average molecular weight is 340 g/mol. The van der Waals surface area contributed by atoms with Gasteiger partial charge in [0.05, 0.1) is 6.61 Å². The molecular weight excluding hydrogens is 325 g/mol. The summed E-state index contributed by atoms with van der Waals surface area (Å²) >= 11 is 0. The number of nitrogens with one attached hydrogen (secondary N) is 1. The predicted octanol–water partition coefficient (Wildman–Crippen LogP) is 0.600. The van der Waals surface area contributed by atoms with Crippen molar-refractivity contribution in [3.8, 4) is 0 Å². The molecule has 1 saturated heterocycles. The number of hydrogen-bond donors (Lipinski definition) is 2. The molecule has 8 nitrogen and oxygen atoms in total. The fourth-order valence-corrected chi connectivity index (χ4v) is 2.48. The number of aromatic amines is 1. The third-order valence-electron chi connectivity index (χ3n) is 3.21. The van der Waals surface area contributed by atoms with Crippen LogP contribution < -0.4 is 11.2 Å². The molecule has 1 aromatic heterocycles. The van der Waals surface area contributed by atoms with E-state index in [9.17, 15) is 22.9 Å². The van der Waals surface area contributed by atoms with Gasteiger partial charge in [0, 0.05) is 18.2 Å². The third-order valence-corrected chi connectivity index (χ3v) is 4.06. The lowest BCUT2D eigenvalue weighted by Crippen LogP contribution is -2.33. The van der Waals surface area contributed by atoms with E-state index < -0.39 is 50.4 Å². The molecule has 4 atom stereocenters. The minimum atomic E-state index is -4.40. The average Bonchev–Trinajstić information content (AvgIpc) is 2.82. The molecule has 0 aromatic carbocycles. The standard InChI is InChI=1S/C11H15F2N2O6P/c1-6-3-15(11(17)14-10(6)16)9-2-7(13)8(21-9)4-20-22(18,19)5-12/h3,7-9H,2,4-5H2,1H3,(H,18,19)(H,14,16,17)/t7-,8+,9+/m0/s1. The number of alkyl halides is 2. The van der Waals surface area contributed by atoms with Gasteiger partial charge in [0.25, 0.3) is 5.56 Å². The fourth-order valence-electron chi connectivity index (χ4n) is 2.03. The number of aromatic nitrogens is 2. The third kappa shape index (κ3) is 3.70. The van der Waals surface area contributed by atoms with Gasteiger partial charge in [-0.3, -0.25) is 18.9 Å². The molecule has 2 heterocycles. The van der Waals surface area contributed by atoms with Crippen molar-refractivity contribution in [1.82, 2.24) is 9.55 Å². The Morgan fingerprint density at radius 2 is 2.27 bits per heavy atom. The molecular formula is C11H15F2N2O6P. The maximum Gasteiger partial charge on any atom is 0.358 e. The van der Waals surface area contributed by atoms with Crippen LogP contribution in [0.15, 0.2) is 15.8 Å². The molecule has 1 unspecified atom stereocenters. The largest absolute Gasteiger partial charge is 0.358 e. The van der Waals surface area contributed by atoms with Crippen LogP contribution in [0.5, 0.6) is 0 Å². The molecule has 11 heteroatoms. The van der Waals surface area contributed by atoms with E-state index in [1.807, 2.05) is 0 Å². The summed E-state index contributed by atoms with van der Waals surface area (Å²) in [7, 11) is -4.40. The van der Waals surface area contributed by atoms with Crippen LogP contribution >= 0.6 is 7.60 Å². The number of nitrogens with zero attached hydrogens (tertiary/aromatic N) is 1.